The van der Waals surface area contributed by atoms with Crippen molar-refractivity contribution in [1.29, 1.82) is 0 Å². The summed E-state index contributed by atoms with van der Waals surface area (Å²) in [6.07, 6.45) is -1.92. The standard InChI is InChI=1S/C13H9F4N5/c14-8-1-2-9(13(15,16)17)7(3-8)4-18-11-10-12(20-5-19-10)22-6-21-11/h1-3,5-6H,4H2,(H2,18,19,20,21,22). The summed E-state index contributed by atoms with van der Waals surface area (Å²) in [6.45, 7) is -0.238. The smallest absolute Gasteiger partial charge is 0.364 e. The molecule has 0 spiro atoms. The van der Waals surface area contributed by atoms with Crippen LogP contribution >= 0.6 is 0 Å². The Bertz CT molecular complexity index is 812. The first-order valence-electron chi connectivity index (χ1n) is 6.19. The molecule has 114 valence electrons. The molecule has 2 N–H and O–H groups in total. The van der Waals surface area contributed by atoms with Crippen molar-refractivity contribution in [3.8, 4) is 0 Å². The fourth-order valence-electron chi connectivity index (χ4n) is 2.06. The molecule has 5 nitrogen and oxygen atoms in total. The monoisotopic (exact) mass is 311 g/mol. The second-order valence-corrected chi connectivity index (χ2v) is 4.48. The molecular formula is C13H9F4N5. The lowest BCUT2D eigenvalue weighted by Crippen LogP contribution is -2.13. The Morgan fingerprint density at radius 3 is 2.73 bits per heavy atom. The van der Waals surface area contributed by atoms with Gasteiger partial charge in [-0.15, -0.1) is 0 Å². The third-order valence-corrected chi connectivity index (χ3v) is 3.04. The van der Waals surface area contributed by atoms with Gasteiger partial charge in [-0.3, -0.25) is 0 Å². The molecule has 22 heavy (non-hydrogen) atoms. The van der Waals surface area contributed by atoms with Crippen molar-refractivity contribution >= 4 is 17.0 Å². The molecule has 9 heteroatoms. The number of halogens is 4. The molecule has 3 rings (SSSR count). The fraction of sp³-hybridized carbons (Fsp3) is 0.154. The van der Waals surface area contributed by atoms with Crippen molar-refractivity contribution in [2.75, 3.05) is 5.32 Å². The maximum atomic E-state index is 13.2. The number of benzene rings is 1. The molecule has 0 unspecified atom stereocenters. The summed E-state index contributed by atoms with van der Waals surface area (Å²) in [7, 11) is 0. The Morgan fingerprint density at radius 2 is 1.95 bits per heavy atom. The van der Waals surface area contributed by atoms with E-state index in [9.17, 15) is 17.6 Å². The lowest BCUT2D eigenvalue weighted by molar-refractivity contribution is -0.138. The predicted octanol–water partition coefficient (Wildman–Crippen LogP) is 3.12. The van der Waals surface area contributed by atoms with Crippen LogP contribution in [0.3, 0.4) is 0 Å². The molecule has 0 amide bonds. The summed E-state index contributed by atoms with van der Waals surface area (Å²) in [5.41, 5.74) is -0.254. The average molecular weight is 311 g/mol. The Morgan fingerprint density at radius 1 is 1.14 bits per heavy atom. The molecule has 0 aliphatic carbocycles. The van der Waals surface area contributed by atoms with Gasteiger partial charge in [0, 0.05) is 6.54 Å². The van der Waals surface area contributed by atoms with Gasteiger partial charge in [0.15, 0.2) is 11.5 Å². The fourth-order valence-corrected chi connectivity index (χ4v) is 2.06. The number of alkyl halides is 3. The molecular weight excluding hydrogens is 302 g/mol. The van der Waals surface area contributed by atoms with Crippen LogP contribution in [0.4, 0.5) is 23.4 Å². The maximum absolute atomic E-state index is 13.2. The molecule has 0 saturated heterocycles. The highest BCUT2D eigenvalue weighted by Gasteiger charge is 2.33. The van der Waals surface area contributed by atoms with Gasteiger partial charge >= 0.3 is 6.18 Å². The second kappa shape index (κ2) is 5.24. The largest absolute Gasteiger partial charge is 0.416 e. The number of aromatic amines is 1. The molecule has 0 radical (unpaired) electrons. The molecule has 2 aromatic heterocycles. The second-order valence-electron chi connectivity index (χ2n) is 4.48. The number of anilines is 1. The number of imidazole rings is 1. The number of hydrogen-bond acceptors (Lipinski definition) is 4. The highest BCUT2D eigenvalue weighted by Crippen LogP contribution is 2.32. The zero-order valence-electron chi connectivity index (χ0n) is 10.9. The van der Waals surface area contributed by atoms with Crippen LogP contribution in [0.1, 0.15) is 11.1 Å². The molecule has 0 aliphatic rings. The molecule has 0 bridgehead atoms. The van der Waals surface area contributed by atoms with Gasteiger partial charge in [0.05, 0.1) is 11.9 Å². The van der Waals surface area contributed by atoms with Crippen LogP contribution in [0.15, 0.2) is 30.9 Å². The van der Waals surface area contributed by atoms with E-state index in [1.807, 2.05) is 0 Å². The summed E-state index contributed by atoms with van der Waals surface area (Å²) >= 11 is 0. The molecule has 0 fully saturated rings. The first kappa shape index (κ1) is 14.2. The Labute approximate surface area is 121 Å². The van der Waals surface area contributed by atoms with E-state index in [4.69, 9.17) is 0 Å². The highest BCUT2D eigenvalue weighted by atomic mass is 19.4. The van der Waals surface area contributed by atoms with E-state index in [0.29, 0.717) is 17.0 Å². The Balaban J connectivity index is 1.91. The van der Waals surface area contributed by atoms with Crippen molar-refractivity contribution in [2.24, 2.45) is 0 Å². The van der Waals surface area contributed by atoms with Crippen LogP contribution in [0.25, 0.3) is 11.2 Å². The molecule has 2 heterocycles. The van der Waals surface area contributed by atoms with Crippen molar-refractivity contribution in [1.82, 2.24) is 19.9 Å². The average Bonchev–Trinajstić information content (AvgIpc) is 2.92. The summed E-state index contributed by atoms with van der Waals surface area (Å²) < 4.78 is 52.0. The van der Waals surface area contributed by atoms with Crippen LogP contribution in [-0.4, -0.2) is 19.9 Å². The third kappa shape index (κ3) is 2.69. The van der Waals surface area contributed by atoms with E-state index >= 15 is 0 Å². The first-order valence-corrected chi connectivity index (χ1v) is 6.19. The van der Waals surface area contributed by atoms with Crippen molar-refractivity contribution in [3.05, 3.63) is 47.8 Å². The van der Waals surface area contributed by atoms with Gasteiger partial charge in [0.1, 0.15) is 17.7 Å². The maximum Gasteiger partial charge on any atom is 0.416 e. The molecule has 3 aromatic rings. The van der Waals surface area contributed by atoms with E-state index in [0.717, 1.165) is 18.2 Å². The number of aromatic nitrogens is 4. The lowest BCUT2D eigenvalue weighted by atomic mass is 10.1. The summed E-state index contributed by atoms with van der Waals surface area (Å²) in [5, 5.41) is 2.74. The normalized spacial score (nSPS) is 11.8. The van der Waals surface area contributed by atoms with E-state index in [2.05, 4.69) is 25.3 Å². The minimum atomic E-state index is -4.56. The van der Waals surface area contributed by atoms with Crippen LogP contribution in [0.2, 0.25) is 0 Å². The molecule has 0 saturated carbocycles. The summed E-state index contributed by atoms with van der Waals surface area (Å²) in [4.78, 5) is 14.5. The minimum absolute atomic E-state index is 0.209. The molecule has 1 aromatic carbocycles. The van der Waals surface area contributed by atoms with Gasteiger partial charge in [-0.25, -0.2) is 19.3 Å². The van der Waals surface area contributed by atoms with E-state index in [-0.39, 0.29) is 12.1 Å². The number of rotatable bonds is 3. The predicted molar refractivity (Wildman–Crippen MR) is 70.4 cm³/mol. The topological polar surface area (TPSA) is 66.5 Å². The quantitative estimate of drug-likeness (QED) is 0.729. The van der Waals surface area contributed by atoms with Crippen molar-refractivity contribution in [2.45, 2.75) is 12.7 Å². The van der Waals surface area contributed by atoms with Crippen LogP contribution in [0.5, 0.6) is 0 Å². The number of nitrogens with zero attached hydrogens (tertiary/aromatic N) is 3. The van der Waals surface area contributed by atoms with Crippen LogP contribution in [-0.2, 0) is 12.7 Å². The first-order chi connectivity index (χ1) is 10.4. The minimum Gasteiger partial charge on any atom is -0.364 e. The number of nitrogens with one attached hydrogen (secondary N) is 2. The summed E-state index contributed by atoms with van der Waals surface area (Å²) in [6, 6.07) is 2.35. The van der Waals surface area contributed by atoms with Crippen LogP contribution < -0.4 is 5.32 Å². The van der Waals surface area contributed by atoms with Gasteiger partial charge in [0.2, 0.25) is 0 Å². The Hall–Kier alpha value is -2.71. The van der Waals surface area contributed by atoms with Crippen LogP contribution in [0, 0.1) is 5.82 Å². The Kier molecular flexibility index (Phi) is 3.39. The van der Waals surface area contributed by atoms with Crippen molar-refractivity contribution < 1.29 is 17.6 Å². The van der Waals surface area contributed by atoms with E-state index in [1.165, 1.54) is 12.7 Å². The van der Waals surface area contributed by atoms with E-state index in [1.54, 1.807) is 0 Å². The molecule has 0 aliphatic heterocycles. The number of H-pyrrole nitrogens is 1. The van der Waals surface area contributed by atoms with Gasteiger partial charge in [-0.1, -0.05) is 0 Å². The zero-order valence-corrected chi connectivity index (χ0v) is 10.9. The summed E-state index contributed by atoms with van der Waals surface area (Å²) in [5.74, 6) is -0.445. The van der Waals surface area contributed by atoms with Gasteiger partial charge in [0.25, 0.3) is 0 Å². The van der Waals surface area contributed by atoms with Crippen molar-refractivity contribution in [3.63, 3.8) is 0 Å². The van der Waals surface area contributed by atoms with Gasteiger partial charge < -0.3 is 10.3 Å². The van der Waals surface area contributed by atoms with E-state index < -0.39 is 17.6 Å². The SMILES string of the molecule is Fc1ccc(C(F)(F)F)c(CNc2ncnc3nc[nH]c23)c1. The van der Waals surface area contributed by atoms with Gasteiger partial charge in [-0.2, -0.15) is 13.2 Å². The van der Waals surface area contributed by atoms with Gasteiger partial charge in [-0.05, 0) is 23.8 Å². The third-order valence-electron chi connectivity index (χ3n) is 3.04. The number of hydrogen-bond donors (Lipinski definition) is 2. The highest BCUT2D eigenvalue weighted by molar-refractivity contribution is 5.81. The zero-order chi connectivity index (χ0) is 15.7. The molecule has 0 atom stereocenters. The number of fused-ring (bicyclic) bond motifs is 1. The lowest BCUT2D eigenvalue weighted by Gasteiger charge is -2.14.